The standard InChI is InChI=1S/C14H20N2O2/c1-14(9-18-10-14)8-16-12-6-4-3-5-11(12)7-13(17)15-2/h3-6,16H,7-10H2,1-2H3,(H,15,17). The summed E-state index contributed by atoms with van der Waals surface area (Å²) in [6.45, 7) is 4.68. The Kier molecular flexibility index (Phi) is 3.87. The predicted molar refractivity (Wildman–Crippen MR) is 71.6 cm³/mol. The van der Waals surface area contributed by atoms with Gasteiger partial charge in [0, 0.05) is 24.7 Å². The van der Waals surface area contributed by atoms with Gasteiger partial charge in [-0.1, -0.05) is 25.1 Å². The van der Waals surface area contributed by atoms with E-state index in [0.29, 0.717) is 6.42 Å². The molecule has 0 aromatic heterocycles. The molecule has 2 N–H and O–H groups in total. The summed E-state index contributed by atoms with van der Waals surface area (Å²) < 4.78 is 5.23. The molecule has 1 fully saturated rings. The molecule has 1 saturated heterocycles. The summed E-state index contributed by atoms with van der Waals surface area (Å²) >= 11 is 0. The van der Waals surface area contributed by atoms with E-state index >= 15 is 0 Å². The van der Waals surface area contributed by atoms with Crippen LogP contribution in [0.1, 0.15) is 12.5 Å². The zero-order chi connectivity index (χ0) is 13.0. The Balaban J connectivity index is 2.00. The first-order chi connectivity index (χ1) is 8.63. The van der Waals surface area contributed by atoms with Crippen molar-refractivity contribution in [2.75, 3.05) is 32.1 Å². The van der Waals surface area contributed by atoms with Crippen LogP contribution in [0.4, 0.5) is 5.69 Å². The molecule has 2 rings (SSSR count). The molecule has 4 nitrogen and oxygen atoms in total. The van der Waals surface area contributed by atoms with E-state index in [1.54, 1.807) is 7.05 Å². The summed E-state index contributed by atoms with van der Waals surface area (Å²) in [4.78, 5) is 11.4. The Hall–Kier alpha value is -1.55. The normalized spacial score (nSPS) is 16.8. The molecule has 1 aliphatic heterocycles. The van der Waals surface area contributed by atoms with Crippen LogP contribution in [0, 0.1) is 5.41 Å². The minimum absolute atomic E-state index is 0.0300. The molecule has 1 aromatic rings. The summed E-state index contributed by atoms with van der Waals surface area (Å²) in [6.07, 6.45) is 0.410. The highest BCUT2D eigenvalue weighted by Gasteiger charge is 2.33. The van der Waals surface area contributed by atoms with E-state index in [2.05, 4.69) is 17.6 Å². The van der Waals surface area contributed by atoms with Gasteiger partial charge in [0.15, 0.2) is 0 Å². The number of anilines is 1. The van der Waals surface area contributed by atoms with Crippen molar-refractivity contribution >= 4 is 11.6 Å². The molecule has 0 bridgehead atoms. The molecule has 0 unspecified atom stereocenters. The van der Waals surface area contributed by atoms with Crippen LogP contribution in [0.3, 0.4) is 0 Å². The molecule has 0 atom stereocenters. The van der Waals surface area contributed by atoms with Crippen LogP contribution in [-0.4, -0.2) is 32.7 Å². The molecule has 0 aliphatic carbocycles. The SMILES string of the molecule is CNC(=O)Cc1ccccc1NCC1(C)COC1. The number of hydrogen-bond acceptors (Lipinski definition) is 3. The third-order valence-electron chi connectivity index (χ3n) is 3.25. The van der Waals surface area contributed by atoms with Gasteiger partial charge in [-0.25, -0.2) is 0 Å². The van der Waals surface area contributed by atoms with E-state index in [9.17, 15) is 4.79 Å². The number of ether oxygens (including phenoxy) is 1. The predicted octanol–water partition coefficient (Wildman–Crippen LogP) is 1.42. The fourth-order valence-corrected chi connectivity index (χ4v) is 1.97. The molecule has 0 saturated carbocycles. The Morgan fingerprint density at radius 2 is 2.11 bits per heavy atom. The number of carbonyl (C=O) groups is 1. The minimum Gasteiger partial charge on any atom is -0.384 e. The summed E-state index contributed by atoms with van der Waals surface area (Å²) in [6, 6.07) is 7.94. The van der Waals surface area contributed by atoms with E-state index in [0.717, 1.165) is 31.0 Å². The lowest BCUT2D eigenvalue weighted by Crippen LogP contribution is -2.45. The number of likely N-dealkylation sites (N-methyl/N-ethyl adjacent to an activating group) is 1. The van der Waals surface area contributed by atoms with Crippen LogP contribution in [0.2, 0.25) is 0 Å². The summed E-state index contributed by atoms with van der Waals surface area (Å²) in [5.74, 6) is 0.0300. The maximum atomic E-state index is 11.4. The zero-order valence-corrected chi connectivity index (χ0v) is 11.0. The molecular formula is C14H20N2O2. The van der Waals surface area contributed by atoms with Gasteiger partial charge in [0.1, 0.15) is 0 Å². The van der Waals surface area contributed by atoms with Crippen LogP contribution in [0.25, 0.3) is 0 Å². The number of benzene rings is 1. The first kappa shape index (κ1) is 12.9. The number of hydrogen-bond donors (Lipinski definition) is 2. The van der Waals surface area contributed by atoms with Gasteiger partial charge >= 0.3 is 0 Å². The fraction of sp³-hybridized carbons (Fsp3) is 0.500. The second-order valence-electron chi connectivity index (χ2n) is 5.16. The second-order valence-corrected chi connectivity index (χ2v) is 5.16. The smallest absolute Gasteiger partial charge is 0.224 e. The minimum atomic E-state index is 0.0300. The van der Waals surface area contributed by atoms with Crippen molar-refractivity contribution in [2.24, 2.45) is 5.41 Å². The molecule has 0 radical (unpaired) electrons. The Morgan fingerprint density at radius 1 is 1.39 bits per heavy atom. The van der Waals surface area contributed by atoms with Crippen molar-refractivity contribution in [1.29, 1.82) is 0 Å². The molecule has 4 heteroatoms. The third-order valence-corrected chi connectivity index (χ3v) is 3.25. The lowest BCUT2D eigenvalue weighted by molar-refractivity contribution is -0.119. The van der Waals surface area contributed by atoms with Gasteiger partial charge in [0.2, 0.25) is 5.91 Å². The number of rotatable bonds is 5. The van der Waals surface area contributed by atoms with Crippen LogP contribution in [-0.2, 0) is 16.0 Å². The molecular weight excluding hydrogens is 228 g/mol. The summed E-state index contributed by atoms with van der Waals surface area (Å²) in [5, 5.41) is 6.07. The Labute approximate surface area is 108 Å². The Bertz CT molecular complexity index is 428. The number of amides is 1. The van der Waals surface area contributed by atoms with Gasteiger partial charge < -0.3 is 15.4 Å². The van der Waals surface area contributed by atoms with Gasteiger partial charge in [-0.15, -0.1) is 0 Å². The maximum Gasteiger partial charge on any atom is 0.224 e. The van der Waals surface area contributed by atoms with E-state index in [4.69, 9.17) is 4.74 Å². The molecule has 18 heavy (non-hydrogen) atoms. The van der Waals surface area contributed by atoms with E-state index < -0.39 is 0 Å². The first-order valence-electron chi connectivity index (χ1n) is 6.23. The molecule has 98 valence electrons. The zero-order valence-electron chi connectivity index (χ0n) is 11.0. The van der Waals surface area contributed by atoms with E-state index in [-0.39, 0.29) is 11.3 Å². The van der Waals surface area contributed by atoms with Crippen molar-refractivity contribution < 1.29 is 9.53 Å². The first-order valence-corrected chi connectivity index (χ1v) is 6.23. The lowest BCUT2D eigenvalue weighted by Gasteiger charge is -2.38. The van der Waals surface area contributed by atoms with Gasteiger partial charge in [-0.2, -0.15) is 0 Å². The number of carbonyl (C=O) groups excluding carboxylic acids is 1. The summed E-state index contributed by atoms with van der Waals surface area (Å²) in [5.41, 5.74) is 2.29. The fourth-order valence-electron chi connectivity index (χ4n) is 1.97. The van der Waals surface area contributed by atoms with E-state index in [1.165, 1.54) is 0 Å². The molecule has 1 amide bonds. The van der Waals surface area contributed by atoms with E-state index in [1.807, 2.05) is 24.3 Å². The van der Waals surface area contributed by atoms with Crippen LogP contribution < -0.4 is 10.6 Å². The van der Waals surface area contributed by atoms with Crippen molar-refractivity contribution in [3.8, 4) is 0 Å². The van der Waals surface area contributed by atoms with Crippen molar-refractivity contribution in [2.45, 2.75) is 13.3 Å². The highest BCUT2D eigenvalue weighted by Crippen LogP contribution is 2.27. The third kappa shape index (κ3) is 3.01. The van der Waals surface area contributed by atoms with Crippen LogP contribution in [0.15, 0.2) is 24.3 Å². The maximum absolute atomic E-state index is 11.4. The van der Waals surface area contributed by atoms with Gasteiger partial charge in [-0.05, 0) is 11.6 Å². The molecule has 1 aromatic carbocycles. The molecule has 1 heterocycles. The van der Waals surface area contributed by atoms with Crippen LogP contribution in [0.5, 0.6) is 0 Å². The quantitative estimate of drug-likeness (QED) is 0.828. The van der Waals surface area contributed by atoms with Gasteiger partial charge in [0.05, 0.1) is 19.6 Å². The number of para-hydroxylation sites is 1. The van der Waals surface area contributed by atoms with Gasteiger partial charge in [0.25, 0.3) is 0 Å². The number of nitrogens with one attached hydrogen (secondary N) is 2. The van der Waals surface area contributed by atoms with Crippen molar-refractivity contribution in [3.63, 3.8) is 0 Å². The Morgan fingerprint density at radius 3 is 2.72 bits per heavy atom. The topological polar surface area (TPSA) is 50.4 Å². The summed E-state index contributed by atoms with van der Waals surface area (Å²) in [7, 11) is 1.66. The average Bonchev–Trinajstić information content (AvgIpc) is 2.35. The largest absolute Gasteiger partial charge is 0.384 e. The highest BCUT2D eigenvalue weighted by molar-refractivity contribution is 5.80. The average molecular weight is 248 g/mol. The van der Waals surface area contributed by atoms with Crippen molar-refractivity contribution in [3.05, 3.63) is 29.8 Å². The van der Waals surface area contributed by atoms with Crippen molar-refractivity contribution in [1.82, 2.24) is 5.32 Å². The highest BCUT2D eigenvalue weighted by atomic mass is 16.5. The molecule has 1 aliphatic rings. The molecule has 0 spiro atoms. The van der Waals surface area contributed by atoms with Gasteiger partial charge in [-0.3, -0.25) is 4.79 Å². The van der Waals surface area contributed by atoms with Crippen LogP contribution >= 0.6 is 0 Å². The lowest BCUT2D eigenvalue weighted by atomic mass is 9.88. The second kappa shape index (κ2) is 5.40. The monoisotopic (exact) mass is 248 g/mol.